The van der Waals surface area contributed by atoms with Crippen molar-refractivity contribution in [2.24, 2.45) is 0 Å². The van der Waals surface area contributed by atoms with Gasteiger partial charge in [0.1, 0.15) is 6.10 Å². The van der Waals surface area contributed by atoms with Crippen LogP contribution in [0.3, 0.4) is 0 Å². The summed E-state index contributed by atoms with van der Waals surface area (Å²) >= 11 is 5.36. The van der Waals surface area contributed by atoms with Crippen LogP contribution in [0, 0.1) is 0 Å². The molecule has 10 heavy (non-hydrogen) atoms. The molecule has 58 valence electrons. The largest absolute Gasteiger partial charge is 0.370 e. The predicted molar refractivity (Wildman–Crippen MR) is 39.3 cm³/mol. The second-order valence-corrected chi connectivity index (χ2v) is 2.72. The van der Waals surface area contributed by atoms with Crippen LogP contribution in [0.25, 0.3) is 0 Å². The van der Waals surface area contributed by atoms with E-state index in [-0.39, 0.29) is 17.8 Å². The van der Waals surface area contributed by atoms with Crippen molar-refractivity contribution in [1.29, 1.82) is 0 Å². The predicted octanol–water partition coefficient (Wildman–Crippen LogP) is 1.36. The molecule has 1 heterocycles. The molecule has 0 aromatic carbocycles. The molecule has 1 rings (SSSR count). The molecule has 0 radical (unpaired) electrons. The third kappa shape index (κ3) is 1.96. The number of ketones is 1. The summed E-state index contributed by atoms with van der Waals surface area (Å²) in [7, 11) is 0. The fraction of sp³-hybridized carbons (Fsp3) is 0.857. The summed E-state index contributed by atoms with van der Waals surface area (Å²) in [6, 6.07) is 0. The molecule has 0 aromatic rings. The van der Waals surface area contributed by atoms with Crippen LogP contribution in [0.1, 0.15) is 19.3 Å². The van der Waals surface area contributed by atoms with E-state index < -0.39 is 0 Å². The van der Waals surface area contributed by atoms with Gasteiger partial charge in [0, 0.05) is 6.61 Å². The van der Waals surface area contributed by atoms with Crippen LogP contribution in [-0.2, 0) is 9.53 Å². The van der Waals surface area contributed by atoms with Crippen LogP contribution >= 0.6 is 11.6 Å². The maximum atomic E-state index is 10.9. The highest BCUT2D eigenvalue weighted by molar-refractivity contribution is 6.28. The maximum Gasteiger partial charge on any atom is 0.176 e. The molecule has 0 aliphatic carbocycles. The summed E-state index contributed by atoms with van der Waals surface area (Å²) in [5, 5.41) is 0. The summed E-state index contributed by atoms with van der Waals surface area (Å²) in [4.78, 5) is 10.9. The zero-order valence-corrected chi connectivity index (χ0v) is 6.56. The molecule has 0 bridgehead atoms. The molecule has 1 fully saturated rings. The summed E-state index contributed by atoms with van der Waals surface area (Å²) in [5.41, 5.74) is 0. The van der Waals surface area contributed by atoms with E-state index in [1.807, 2.05) is 0 Å². The first-order valence-electron chi connectivity index (χ1n) is 3.55. The first-order chi connectivity index (χ1) is 4.84. The second-order valence-electron chi connectivity index (χ2n) is 2.46. The van der Waals surface area contributed by atoms with Gasteiger partial charge in [-0.15, -0.1) is 11.6 Å². The number of halogens is 1. The molecule has 2 nitrogen and oxygen atoms in total. The molecule has 1 saturated heterocycles. The number of Topliss-reactive ketones (excluding diaryl/α,β-unsaturated/α-hetero) is 1. The highest BCUT2D eigenvalue weighted by atomic mass is 35.5. The highest BCUT2D eigenvalue weighted by Gasteiger charge is 2.20. The van der Waals surface area contributed by atoms with Crippen molar-refractivity contribution in [1.82, 2.24) is 0 Å². The lowest BCUT2D eigenvalue weighted by atomic mass is 10.1. The lowest BCUT2D eigenvalue weighted by molar-refractivity contribution is -0.130. The molecule has 1 aliphatic rings. The van der Waals surface area contributed by atoms with E-state index in [1.165, 1.54) is 0 Å². The monoisotopic (exact) mass is 162 g/mol. The number of hydrogen-bond acceptors (Lipinski definition) is 2. The molecule has 0 N–H and O–H groups in total. The molecule has 1 unspecified atom stereocenters. The van der Waals surface area contributed by atoms with Crippen molar-refractivity contribution in [3.05, 3.63) is 0 Å². The fourth-order valence-electron chi connectivity index (χ4n) is 1.08. The fourth-order valence-corrected chi connectivity index (χ4v) is 1.25. The van der Waals surface area contributed by atoms with Crippen LogP contribution in [0.4, 0.5) is 0 Å². The Morgan fingerprint density at radius 1 is 1.60 bits per heavy atom. The molecule has 0 saturated carbocycles. The van der Waals surface area contributed by atoms with Gasteiger partial charge in [0.25, 0.3) is 0 Å². The van der Waals surface area contributed by atoms with Crippen LogP contribution in [0.2, 0.25) is 0 Å². The Labute approximate surface area is 65.5 Å². The number of carbonyl (C=O) groups excluding carboxylic acids is 1. The maximum absolute atomic E-state index is 10.9. The Morgan fingerprint density at radius 2 is 2.40 bits per heavy atom. The lowest BCUT2D eigenvalue weighted by Gasteiger charge is -2.19. The normalized spacial score (nSPS) is 26.3. The van der Waals surface area contributed by atoms with Gasteiger partial charge in [-0.1, -0.05) is 0 Å². The van der Waals surface area contributed by atoms with Gasteiger partial charge in [0.15, 0.2) is 5.78 Å². The van der Waals surface area contributed by atoms with Crippen molar-refractivity contribution >= 4 is 17.4 Å². The molecular weight excluding hydrogens is 152 g/mol. The minimum atomic E-state index is -0.203. The van der Waals surface area contributed by atoms with E-state index in [9.17, 15) is 4.79 Å². The molecular formula is C7H11ClO2. The van der Waals surface area contributed by atoms with Crippen molar-refractivity contribution in [2.45, 2.75) is 25.4 Å². The van der Waals surface area contributed by atoms with E-state index >= 15 is 0 Å². The number of carbonyl (C=O) groups is 1. The average Bonchev–Trinajstić information content (AvgIpc) is 2.05. The average molecular weight is 163 g/mol. The van der Waals surface area contributed by atoms with Crippen LogP contribution < -0.4 is 0 Å². The number of hydrogen-bond donors (Lipinski definition) is 0. The van der Waals surface area contributed by atoms with Gasteiger partial charge in [-0.3, -0.25) is 4.79 Å². The first kappa shape index (κ1) is 8.02. The third-order valence-corrected chi connectivity index (χ3v) is 1.93. The minimum absolute atomic E-state index is 0.0290. The standard InChI is InChI=1S/C7H11ClO2/c8-5-6(9)7-3-1-2-4-10-7/h7H,1-5H2. The van der Waals surface area contributed by atoms with Crippen molar-refractivity contribution in [3.8, 4) is 0 Å². The van der Waals surface area contributed by atoms with Gasteiger partial charge in [-0.25, -0.2) is 0 Å². The summed E-state index contributed by atoms with van der Waals surface area (Å²) in [6.45, 7) is 0.716. The Morgan fingerprint density at radius 3 is 2.90 bits per heavy atom. The van der Waals surface area contributed by atoms with Crippen LogP contribution in [-0.4, -0.2) is 24.4 Å². The van der Waals surface area contributed by atoms with Crippen LogP contribution in [0.15, 0.2) is 0 Å². The van der Waals surface area contributed by atoms with E-state index in [2.05, 4.69) is 0 Å². The second kappa shape index (κ2) is 3.94. The molecule has 3 heteroatoms. The Hall–Kier alpha value is -0.0800. The zero-order valence-electron chi connectivity index (χ0n) is 5.81. The molecule has 1 aliphatic heterocycles. The topological polar surface area (TPSA) is 26.3 Å². The quantitative estimate of drug-likeness (QED) is 0.574. The number of rotatable bonds is 2. The van der Waals surface area contributed by atoms with Crippen molar-refractivity contribution < 1.29 is 9.53 Å². The van der Waals surface area contributed by atoms with E-state index in [1.54, 1.807) is 0 Å². The van der Waals surface area contributed by atoms with E-state index in [4.69, 9.17) is 16.3 Å². The lowest BCUT2D eigenvalue weighted by Crippen LogP contribution is -2.28. The summed E-state index contributed by atoms with van der Waals surface area (Å²) in [6.07, 6.45) is 2.82. The third-order valence-electron chi connectivity index (χ3n) is 1.67. The van der Waals surface area contributed by atoms with Gasteiger partial charge in [0.05, 0.1) is 5.88 Å². The van der Waals surface area contributed by atoms with E-state index in [0.717, 1.165) is 19.3 Å². The smallest absolute Gasteiger partial charge is 0.176 e. The van der Waals surface area contributed by atoms with Gasteiger partial charge in [-0.05, 0) is 19.3 Å². The highest BCUT2D eigenvalue weighted by Crippen LogP contribution is 2.13. The zero-order chi connectivity index (χ0) is 7.40. The Balaban J connectivity index is 2.31. The first-order valence-corrected chi connectivity index (χ1v) is 4.08. The molecule has 1 atom stereocenters. The van der Waals surface area contributed by atoms with Crippen molar-refractivity contribution in [2.75, 3.05) is 12.5 Å². The van der Waals surface area contributed by atoms with Gasteiger partial charge < -0.3 is 4.74 Å². The molecule has 0 amide bonds. The Kier molecular flexibility index (Phi) is 3.16. The van der Waals surface area contributed by atoms with Crippen LogP contribution in [0.5, 0.6) is 0 Å². The molecule has 0 spiro atoms. The van der Waals surface area contributed by atoms with Gasteiger partial charge in [-0.2, -0.15) is 0 Å². The summed E-state index contributed by atoms with van der Waals surface area (Å²) in [5.74, 6) is 0.117. The van der Waals surface area contributed by atoms with Gasteiger partial charge >= 0.3 is 0 Å². The Bertz CT molecular complexity index is 119. The summed E-state index contributed by atoms with van der Waals surface area (Å²) < 4.78 is 5.20. The van der Waals surface area contributed by atoms with Gasteiger partial charge in [0.2, 0.25) is 0 Å². The van der Waals surface area contributed by atoms with E-state index in [0.29, 0.717) is 6.61 Å². The number of alkyl halides is 1. The number of ether oxygens (including phenoxy) is 1. The molecule has 0 aromatic heterocycles. The minimum Gasteiger partial charge on any atom is -0.370 e. The SMILES string of the molecule is O=C(CCl)C1CCCCO1. The van der Waals surface area contributed by atoms with Crippen molar-refractivity contribution in [3.63, 3.8) is 0 Å².